The zero-order valence-corrected chi connectivity index (χ0v) is 22.9. The van der Waals surface area contributed by atoms with Gasteiger partial charge in [0.25, 0.3) is 5.91 Å². The molecule has 2 atom stereocenters. The fourth-order valence-electron chi connectivity index (χ4n) is 5.62. The van der Waals surface area contributed by atoms with E-state index in [0.29, 0.717) is 39.0 Å². The number of imide groups is 1. The second kappa shape index (κ2) is 11.6. The Morgan fingerprint density at radius 1 is 1.03 bits per heavy atom. The number of urea groups is 1. The topological polar surface area (TPSA) is 90.4 Å². The number of piperidine rings is 1. The van der Waals surface area contributed by atoms with Gasteiger partial charge < -0.3 is 14.7 Å². The van der Waals surface area contributed by atoms with Gasteiger partial charge in [0.05, 0.1) is 13.0 Å². The van der Waals surface area contributed by atoms with Gasteiger partial charge in [-0.25, -0.2) is 4.79 Å². The Morgan fingerprint density at radius 3 is 2.29 bits per heavy atom. The summed E-state index contributed by atoms with van der Waals surface area (Å²) in [5.74, 6) is -0.514. The summed E-state index contributed by atoms with van der Waals surface area (Å²) < 4.78 is 5.26. The van der Waals surface area contributed by atoms with Crippen molar-refractivity contribution in [3.05, 3.63) is 65.2 Å². The highest BCUT2D eigenvalue weighted by Gasteiger charge is 2.58. The largest absolute Gasteiger partial charge is 0.497 e. The molecule has 0 aliphatic carbocycles. The minimum absolute atomic E-state index is 0.0822. The maximum Gasteiger partial charge on any atom is 0.327 e. The summed E-state index contributed by atoms with van der Waals surface area (Å²) in [7, 11) is 1.64. The Bertz CT molecular complexity index is 1150. The van der Waals surface area contributed by atoms with Crippen LogP contribution in [0, 0.1) is 5.92 Å². The van der Waals surface area contributed by atoms with Gasteiger partial charge in [0.15, 0.2) is 0 Å². The minimum Gasteiger partial charge on any atom is -0.497 e. The molecule has 38 heavy (non-hydrogen) atoms. The molecule has 204 valence electrons. The molecule has 8 heteroatoms. The predicted octanol–water partition coefficient (Wildman–Crippen LogP) is 4.38. The zero-order valence-electron chi connectivity index (χ0n) is 22.9. The van der Waals surface area contributed by atoms with Crippen molar-refractivity contribution < 1.29 is 24.2 Å². The van der Waals surface area contributed by atoms with Gasteiger partial charge in [-0.1, -0.05) is 50.2 Å². The summed E-state index contributed by atoms with van der Waals surface area (Å²) in [6.45, 7) is 8.59. The van der Waals surface area contributed by atoms with Crippen molar-refractivity contribution in [2.24, 2.45) is 5.92 Å². The van der Waals surface area contributed by atoms with Crippen molar-refractivity contribution in [3.8, 4) is 5.75 Å². The number of hydrogen-bond donors (Lipinski definition) is 1. The molecule has 0 aromatic heterocycles. The van der Waals surface area contributed by atoms with Crippen LogP contribution >= 0.6 is 0 Å². The number of aliphatic carboxylic acids is 1. The minimum atomic E-state index is -0.867. The van der Waals surface area contributed by atoms with Gasteiger partial charge in [-0.3, -0.25) is 19.4 Å². The number of carbonyl (C=O) groups is 3. The van der Waals surface area contributed by atoms with Crippen molar-refractivity contribution in [1.82, 2.24) is 14.7 Å². The van der Waals surface area contributed by atoms with Crippen molar-refractivity contribution in [2.45, 2.75) is 58.0 Å². The summed E-state index contributed by atoms with van der Waals surface area (Å²) in [5, 5.41) is 9.29. The third-order valence-corrected chi connectivity index (χ3v) is 7.76. The van der Waals surface area contributed by atoms with Gasteiger partial charge >= 0.3 is 12.0 Å². The standard InChI is InChI=1S/C30H39N3O5/c1-21(2)18-32-28(36)30(33(29(32)37)17-14-23-8-12-26(38-4)13-9-23)15-5-16-31(20-30)19-24-6-10-25(11-7-24)22(3)27(34)35/h6-13,21-22H,5,14-20H2,1-4H3,(H,34,35). The van der Waals surface area contributed by atoms with Gasteiger partial charge in [-0.05, 0) is 67.5 Å². The number of carboxylic acids is 1. The predicted molar refractivity (Wildman–Crippen MR) is 145 cm³/mol. The molecule has 4 rings (SSSR count). The molecule has 8 nitrogen and oxygen atoms in total. The summed E-state index contributed by atoms with van der Waals surface area (Å²) in [6, 6.07) is 15.3. The van der Waals surface area contributed by atoms with Gasteiger partial charge in [-0.15, -0.1) is 0 Å². The number of carbonyl (C=O) groups excluding carboxylic acids is 2. The lowest BCUT2D eigenvalue weighted by Crippen LogP contribution is -2.60. The molecule has 0 radical (unpaired) electrons. The highest BCUT2D eigenvalue weighted by atomic mass is 16.5. The van der Waals surface area contributed by atoms with Crippen LogP contribution in [-0.2, 0) is 22.6 Å². The van der Waals surface area contributed by atoms with Crippen molar-refractivity contribution in [3.63, 3.8) is 0 Å². The van der Waals surface area contributed by atoms with Crippen LogP contribution in [0.15, 0.2) is 48.5 Å². The molecule has 2 aliphatic heterocycles. The fourth-order valence-corrected chi connectivity index (χ4v) is 5.62. The van der Waals surface area contributed by atoms with E-state index in [1.807, 2.05) is 67.3 Å². The average molecular weight is 522 g/mol. The van der Waals surface area contributed by atoms with E-state index in [0.717, 1.165) is 35.4 Å². The number of ether oxygens (including phenoxy) is 1. The number of methoxy groups -OCH3 is 1. The number of likely N-dealkylation sites (tertiary alicyclic amines) is 1. The molecular formula is C30H39N3O5. The molecule has 2 saturated heterocycles. The molecule has 3 amide bonds. The van der Waals surface area contributed by atoms with Crippen LogP contribution in [0.4, 0.5) is 4.79 Å². The highest BCUT2D eigenvalue weighted by molar-refractivity contribution is 6.07. The number of carboxylic acid groups (broad SMARTS) is 1. The van der Waals surface area contributed by atoms with Gasteiger partial charge in [0.2, 0.25) is 0 Å². The Balaban J connectivity index is 1.53. The first kappa shape index (κ1) is 27.6. The first-order valence-corrected chi connectivity index (χ1v) is 13.4. The number of hydrogen-bond acceptors (Lipinski definition) is 5. The van der Waals surface area contributed by atoms with E-state index in [1.165, 1.54) is 4.90 Å². The molecular weight excluding hydrogens is 482 g/mol. The van der Waals surface area contributed by atoms with Crippen LogP contribution in [0.1, 0.15) is 56.2 Å². The first-order chi connectivity index (χ1) is 18.1. The van der Waals surface area contributed by atoms with Crippen LogP contribution in [0.2, 0.25) is 0 Å². The van der Waals surface area contributed by atoms with Crippen molar-refractivity contribution in [1.29, 1.82) is 0 Å². The summed E-state index contributed by atoms with van der Waals surface area (Å²) in [5.41, 5.74) is 2.05. The van der Waals surface area contributed by atoms with E-state index in [9.17, 15) is 19.5 Å². The second-order valence-electron chi connectivity index (χ2n) is 11.0. The monoisotopic (exact) mass is 521 g/mol. The van der Waals surface area contributed by atoms with Crippen molar-refractivity contribution >= 4 is 17.9 Å². The molecule has 2 unspecified atom stereocenters. The molecule has 1 N–H and O–H groups in total. The SMILES string of the molecule is COc1ccc(CCN2C(=O)N(CC(C)C)C(=O)C23CCCN(Cc2ccc(C(C)C(=O)O)cc2)C3)cc1. The quantitative estimate of drug-likeness (QED) is 0.467. The Morgan fingerprint density at radius 2 is 1.68 bits per heavy atom. The van der Waals surface area contributed by atoms with E-state index in [1.54, 1.807) is 14.0 Å². The lowest BCUT2D eigenvalue weighted by Gasteiger charge is -2.43. The number of benzene rings is 2. The molecule has 0 saturated carbocycles. The lowest BCUT2D eigenvalue weighted by molar-refractivity contribution is -0.138. The highest BCUT2D eigenvalue weighted by Crippen LogP contribution is 2.37. The zero-order chi connectivity index (χ0) is 27.4. The van der Waals surface area contributed by atoms with Crippen LogP contribution < -0.4 is 4.74 Å². The van der Waals surface area contributed by atoms with Gasteiger partial charge in [-0.2, -0.15) is 0 Å². The van der Waals surface area contributed by atoms with E-state index in [-0.39, 0.29) is 17.9 Å². The summed E-state index contributed by atoms with van der Waals surface area (Å²) in [6.07, 6.45) is 2.13. The smallest absolute Gasteiger partial charge is 0.327 e. The Kier molecular flexibility index (Phi) is 8.41. The van der Waals surface area contributed by atoms with E-state index in [4.69, 9.17) is 4.74 Å². The maximum atomic E-state index is 13.9. The third kappa shape index (κ3) is 5.70. The van der Waals surface area contributed by atoms with Crippen molar-refractivity contribution in [2.75, 3.05) is 33.3 Å². The van der Waals surface area contributed by atoms with Gasteiger partial charge in [0, 0.05) is 26.2 Å². The molecule has 0 bridgehead atoms. The van der Waals surface area contributed by atoms with E-state index in [2.05, 4.69) is 4.90 Å². The molecule has 1 spiro atoms. The van der Waals surface area contributed by atoms with Crippen LogP contribution in [-0.4, -0.2) is 76.5 Å². The molecule has 2 aromatic rings. The third-order valence-electron chi connectivity index (χ3n) is 7.76. The van der Waals surface area contributed by atoms with Crippen LogP contribution in [0.25, 0.3) is 0 Å². The Hall–Kier alpha value is -3.39. The van der Waals surface area contributed by atoms with Crippen LogP contribution in [0.5, 0.6) is 5.75 Å². The van der Waals surface area contributed by atoms with E-state index >= 15 is 0 Å². The first-order valence-electron chi connectivity index (χ1n) is 13.4. The number of nitrogens with zero attached hydrogens (tertiary/aromatic N) is 3. The van der Waals surface area contributed by atoms with E-state index < -0.39 is 17.4 Å². The summed E-state index contributed by atoms with van der Waals surface area (Å²) >= 11 is 0. The molecule has 2 fully saturated rings. The fraction of sp³-hybridized carbons (Fsp3) is 0.500. The van der Waals surface area contributed by atoms with Gasteiger partial charge in [0.1, 0.15) is 11.3 Å². The summed E-state index contributed by atoms with van der Waals surface area (Å²) in [4.78, 5) is 44.4. The molecule has 2 aliphatic rings. The van der Waals surface area contributed by atoms with Crippen LogP contribution in [0.3, 0.4) is 0 Å². The molecule has 2 heterocycles. The average Bonchev–Trinajstić information content (AvgIpc) is 3.08. The maximum absolute atomic E-state index is 13.9. The normalized spacial score (nSPS) is 21.0. The Labute approximate surface area is 225 Å². The number of rotatable bonds is 10. The lowest BCUT2D eigenvalue weighted by atomic mass is 9.86. The molecule has 2 aromatic carbocycles. The second-order valence-corrected chi connectivity index (χ2v) is 11.0. The number of amides is 3.